The van der Waals surface area contributed by atoms with Crippen molar-refractivity contribution in [3.8, 4) is 17.1 Å². The van der Waals surface area contributed by atoms with Gasteiger partial charge in [0.2, 0.25) is 11.7 Å². The van der Waals surface area contributed by atoms with Crippen LogP contribution in [-0.2, 0) is 16.8 Å². The maximum atomic E-state index is 12.4. The molecule has 0 bridgehead atoms. The molecule has 138 valence electrons. The maximum Gasteiger partial charge on any atom is 0.265 e. The SMILES string of the molecule is CC(C)(C)c1ccc2c(c1)OCC(=O)N2Cc1nc(-c2ccccc2)no1. The number of fused-ring (bicyclic) bond motifs is 1. The lowest BCUT2D eigenvalue weighted by atomic mass is 9.86. The summed E-state index contributed by atoms with van der Waals surface area (Å²) in [6.07, 6.45) is 0. The molecular formula is C21H21N3O3. The summed E-state index contributed by atoms with van der Waals surface area (Å²) in [5.41, 5.74) is 2.75. The van der Waals surface area contributed by atoms with E-state index in [4.69, 9.17) is 9.26 Å². The normalized spacial score (nSPS) is 14.0. The van der Waals surface area contributed by atoms with Crippen LogP contribution in [0.2, 0.25) is 0 Å². The maximum absolute atomic E-state index is 12.4. The topological polar surface area (TPSA) is 68.5 Å². The van der Waals surface area contributed by atoms with E-state index in [1.54, 1.807) is 4.90 Å². The molecule has 2 aromatic carbocycles. The number of carbonyl (C=O) groups is 1. The quantitative estimate of drug-likeness (QED) is 0.704. The Morgan fingerprint density at radius 1 is 1.11 bits per heavy atom. The van der Waals surface area contributed by atoms with Crippen LogP contribution in [0.15, 0.2) is 53.1 Å². The van der Waals surface area contributed by atoms with Crippen molar-refractivity contribution in [3.63, 3.8) is 0 Å². The third kappa shape index (κ3) is 3.43. The summed E-state index contributed by atoms with van der Waals surface area (Å²) in [4.78, 5) is 18.5. The summed E-state index contributed by atoms with van der Waals surface area (Å²) in [6, 6.07) is 15.5. The van der Waals surface area contributed by atoms with Gasteiger partial charge in [0.25, 0.3) is 5.91 Å². The molecule has 0 saturated carbocycles. The molecule has 0 N–H and O–H groups in total. The number of amides is 1. The highest BCUT2D eigenvalue weighted by Gasteiger charge is 2.29. The predicted molar refractivity (Wildman–Crippen MR) is 102 cm³/mol. The van der Waals surface area contributed by atoms with E-state index >= 15 is 0 Å². The van der Waals surface area contributed by atoms with Crippen LogP contribution in [0.1, 0.15) is 32.2 Å². The van der Waals surface area contributed by atoms with Gasteiger partial charge in [0.05, 0.1) is 5.69 Å². The van der Waals surface area contributed by atoms with Crippen LogP contribution in [0.25, 0.3) is 11.4 Å². The molecule has 0 radical (unpaired) electrons. The fourth-order valence-electron chi connectivity index (χ4n) is 3.00. The van der Waals surface area contributed by atoms with Crippen molar-refractivity contribution in [1.29, 1.82) is 0 Å². The molecule has 1 aliphatic heterocycles. The van der Waals surface area contributed by atoms with Crippen molar-refractivity contribution in [3.05, 3.63) is 60.0 Å². The molecule has 0 atom stereocenters. The van der Waals surface area contributed by atoms with Crippen LogP contribution in [0.4, 0.5) is 5.69 Å². The number of benzene rings is 2. The zero-order valence-electron chi connectivity index (χ0n) is 15.6. The number of hydrogen-bond acceptors (Lipinski definition) is 5. The Labute approximate surface area is 157 Å². The highest BCUT2D eigenvalue weighted by Crippen LogP contribution is 2.37. The van der Waals surface area contributed by atoms with Crippen molar-refractivity contribution in [2.45, 2.75) is 32.7 Å². The van der Waals surface area contributed by atoms with Crippen molar-refractivity contribution in [2.24, 2.45) is 0 Å². The number of aromatic nitrogens is 2. The monoisotopic (exact) mass is 363 g/mol. The highest BCUT2D eigenvalue weighted by molar-refractivity contribution is 5.97. The molecule has 0 aliphatic carbocycles. The largest absolute Gasteiger partial charge is 0.482 e. The molecule has 0 spiro atoms. The number of rotatable bonds is 3. The predicted octanol–water partition coefficient (Wildman–Crippen LogP) is 3.96. The molecule has 27 heavy (non-hydrogen) atoms. The lowest BCUT2D eigenvalue weighted by Crippen LogP contribution is -2.38. The Morgan fingerprint density at radius 3 is 2.63 bits per heavy atom. The Morgan fingerprint density at radius 2 is 1.89 bits per heavy atom. The van der Waals surface area contributed by atoms with Gasteiger partial charge in [-0.2, -0.15) is 4.98 Å². The van der Waals surface area contributed by atoms with E-state index in [-0.39, 0.29) is 24.5 Å². The minimum absolute atomic E-state index is 0.000274. The van der Waals surface area contributed by atoms with Crippen LogP contribution in [0, 0.1) is 0 Å². The number of hydrogen-bond donors (Lipinski definition) is 0. The van der Waals surface area contributed by atoms with Crippen molar-refractivity contribution < 1.29 is 14.1 Å². The van der Waals surface area contributed by atoms with E-state index in [0.717, 1.165) is 16.8 Å². The summed E-state index contributed by atoms with van der Waals surface area (Å²) in [5.74, 6) is 1.46. The lowest BCUT2D eigenvalue weighted by Gasteiger charge is -2.30. The first-order valence-corrected chi connectivity index (χ1v) is 8.87. The number of nitrogens with zero attached hydrogens (tertiary/aromatic N) is 3. The fraction of sp³-hybridized carbons (Fsp3) is 0.286. The van der Waals surface area contributed by atoms with Crippen molar-refractivity contribution in [2.75, 3.05) is 11.5 Å². The minimum atomic E-state index is -0.134. The van der Waals surface area contributed by atoms with Crippen LogP contribution in [0.5, 0.6) is 5.75 Å². The second-order valence-corrected chi connectivity index (χ2v) is 7.58. The van der Waals surface area contributed by atoms with E-state index in [1.165, 1.54) is 0 Å². The summed E-state index contributed by atoms with van der Waals surface area (Å²) in [7, 11) is 0. The van der Waals surface area contributed by atoms with Crippen LogP contribution >= 0.6 is 0 Å². The summed E-state index contributed by atoms with van der Waals surface area (Å²) in [5, 5.41) is 4.02. The van der Waals surface area contributed by atoms with E-state index in [0.29, 0.717) is 17.5 Å². The molecule has 6 heteroatoms. The van der Waals surface area contributed by atoms with Gasteiger partial charge in [0.1, 0.15) is 12.3 Å². The van der Waals surface area contributed by atoms with Gasteiger partial charge >= 0.3 is 0 Å². The molecule has 1 aromatic heterocycles. The molecule has 2 heterocycles. The van der Waals surface area contributed by atoms with Crippen LogP contribution in [0.3, 0.4) is 0 Å². The van der Waals surface area contributed by atoms with Gasteiger partial charge in [0.15, 0.2) is 6.61 Å². The Bertz CT molecular complexity index is 974. The molecular weight excluding hydrogens is 342 g/mol. The fourth-order valence-corrected chi connectivity index (χ4v) is 3.00. The molecule has 0 unspecified atom stereocenters. The first-order chi connectivity index (χ1) is 12.9. The summed E-state index contributed by atoms with van der Waals surface area (Å²) >= 11 is 0. The van der Waals surface area contributed by atoms with Gasteiger partial charge in [-0.3, -0.25) is 9.69 Å². The van der Waals surface area contributed by atoms with Crippen molar-refractivity contribution in [1.82, 2.24) is 10.1 Å². The second-order valence-electron chi connectivity index (χ2n) is 7.58. The van der Waals surface area contributed by atoms with E-state index < -0.39 is 0 Å². The van der Waals surface area contributed by atoms with Gasteiger partial charge in [-0.1, -0.05) is 62.3 Å². The third-order valence-electron chi connectivity index (χ3n) is 4.56. The zero-order valence-corrected chi connectivity index (χ0v) is 15.6. The first kappa shape index (κ1) is 17.3. The second kappa shape index (κ2) is 6.54. The molecule has 0 saturated heterocycles. The number of carbonyl (C=O) groups excluding carboxylic acids is 1. The zero-order chi connectivity index (χ0) is 19.0. The minimum Gasteiger partial charge on any atom is -0.482 e. The molecule has 4 rings (SSSR count). The third-order valence-corrected chi connectivity index (χ3v) is 4.56. The lowest BCUT2D eigenvalue weighted by molar-refractivity contribution is -0.121. The van der Waals surface area contributed by atoms with Crippen LogP contribution < -0.4 is 9.64 Å². The van der Waals surface area contributed by atoms with Crippen LogP contribution in [-0.4, -0.2) is 22.7 Å². The Hall–Kier alpha value is -3.15. The Kier molecular flexibility index (Phi) is 4.18. The van der Waals surface area contributed by atoms with E-state index in [9.17, 15) is 4.79 Å². The van der Waals surface area contributed by atoms with E-state index in [1.807, 2.05) is 48.5 Å². The molecule has 1 amide bonds. The van der Waals surface area contributed by atoms with Gasteiger partial charge in [0, 0.05) is 5.56 Å². The van der Waals surface area contributed by atoms with Gasteiger partial charge < -0.3 is 9.26 Å². The van der Waals surface area contributed by atoms with Crippen molar-refractivity contribution >= 4 is 11.6 Å². The highest BCUT2D eigenvalue weighted by atomic mass is 16.5. The van der Waals surface area contributed by atoms with E-state index in [2.05, 4.69) is 30.9 Å². The summed E-state index contributed by atoms with van der Waals surface area (Å²) in [6.45, 7) is 6.64. The molecule has 6 nitrogen and oxygen atoms in total. The van der Waals surface area contributed by atoms with Gasteiger partial charge in [-0.05, 0) is 23.1 Å². The van der Waals surface area contributed by atoms with Gasteiger partial charge in [-0.25, -0.2) is 0 Å². The standard InChI is InChI=1S/C21H21N3O3/c1-21(2,3)15-9-10-16-17(11-15)26-13-19(25)24(16)12-18-22-20(23-27-18)14-7-5-4-6-8-14/h4-11H,12-13H2,1-3H3. The smallest absolute Gasteiger partial charge is 0.265 e. The summed E-state index contributed by atoms with van der Waals surface area (Å²) < 4.78 is 11.0. The first-order valence-electron chi connectivity index (χ1n) is 8.87. The molecule has 1 aliphatic rings. The Balaban J connectivity index is 1.62. The number of ether oxygens (including phenoxy) is 1. The van der Waals surface area contributed by atoms with Gasteiger partial charge in [-0.15, -0.1) is 0 Å². The number of anilines is 1. The molecule has 0 fully saturated rings. The molecule has 3 aromatic rings. The average molecular weight is 363 g/mol. The average Bonchev–Trinajstić information content (AvgIpc) is 3.12.